The lowest BCUT2D eigenvalue weighted by Crippen LogP contribution is -2.39. The molecule has 2 rings (SSSR count). The van der Waals surface area contributed by atoms with Crippen LogP contribution in [-0.4, -0.2) is 31.1 Å². The summed E-state index contributed by atoms with van der Waals surface area (Å²) in [5, 5.41) is 10.8. The van der Waals surface area contributed by atoms with E-state index in [1.54, 1.807) is 4.90 Å². The average Bonchev–Trinajstić information content (AvgIpc) is 2.48. The quantitative estimate of drug-likeness (QED) is 0.487. The van der Waals surface area contributed by atoms with Crippen molar-refractivity contribution in [3.05, 3.63) is 33.1 Å². The Hall–Kier alpha value is -1.89. The molecule has 1 saturated heterocycles. The molecule has 1 aliphatic rings. The van der Waals surface area contributed by atoms with Crippen LogP contribution >= 0.6 is 11.6 Å². The van der Waals surface area contributed by atoms with Crippen molar-refractivity contribution in [2.75, 3.05) is 25.1 Å². The number of carbonyl (C=O) groups excluding carboxylic acids is 1. The first kappa shape index (κ1) is 15.5. The van der Waals surface area contributed by atoms with Gasteiger partial charge in [-0.2, -0.15) is 0 Å². The van der Waals surface area contributed by atoms with Gasteiger partial charge in [0.15, 0.2) is 0 Å². The molecule has 0 radical (unpaired) electrons. The first-order valence-corrected chi connectivity index (χ1v) is 6.78. The molecule has 21 heavy (non-hydrogen) atoms. The molecule has 0 aromatic heterocycles. The molecule has 0 aliphatic carbocycles. The number of esters is 1. The second-order valence-corrected chi connectivity index (χ2v) is 5.23. The summed E-state index contributed by atoms with van der Waals surface area (Å²) in [4.78, 5) is 23.7. The van der Waals surface area contributed by atoms with Crippen molar-refractivity contribution in [3.8, 4) is 0 Å². The third-order valence-corrected chi connectivity index (χ3v) is 3.80. The van der Waals surface area contributed by atoms with E-state index in [1.807, 2.05) is 0 Å². The maximum absolute atomic E-state index is 13.6. The molecule has 1 heterocycles. The molecular formula is C13H14ClFN2O4. The summed E-state index contributed by atoms with van der Waals surface area (Å²) in [6.45, 7) is 0.768. The number of halogens is 2. The van der Waals surface area contributed by atoms with Gasteiger partial charge in [0.1, 0.15) is 11.5 Å². The Morgan fingerprint density at radius 3 is 2.90 bits per heavy atom. The molecule has 1 aromatic carbocycles. The third-order valence-electron chi connectivity index (χ3n) is 3.51. The predicted octanol–water partition coefficient (Wildman–Crippen LogP) is 2.78. The van der Waals surface area contributed by atoms with Gasteiger partial charge in [-0.15, -0.1) is 0 Å². The summed E-state index contributed by atoms with van der Waals surface area (Å²) in [6, 6.07) is 2.04. The Morgan fingerprint density at radius 1 is 1.57 bits per heavy atom. The van der Waals surface area contributed by atoms with Gasteiger partial charge in [-0.3, -0.25) is 14.9 Å². The van der Waals surface area contributed by atoms with E-state index >= 15 is 0 Å². The first-order chi connectivity index (χ1) is 9.93. The molecule has 1 fully saturated rings. The second-order valence-electron chi connectivity index (χ2n) is 4.82. The highest BCUT2D eigenvalue weighted by Crippen LogP contribution is 2.35. The SMILES string of the molecule is COC(=O)C1CCCN(c2cc(F)c(Cl)cc2[N+](=O)[O-])C1. The summed E-state index contributed by atoms with van der Waals surface area (Å²) in [7, 11) is 1.30. The van der Waals surface area contributed by atoms with Gasteiger partial charge < -0.3 is 9.64 Å². The highest BCUT2D eigenvalue weighted by molar-refractivity contribution is 6.31. The number of piperidine rings is 1. The van der Waals surface area contributed by atoms with Crippen LogP contribution in [0.1, 0.15) is 12.8 Å². The molecule has 0 amide bonds. The Balaban J connectivity index is 2.34. The molecule has 1 aliphatic heterocycles. The molecule has 0 N–H and O–H groups in total. The van der Waals surface area contributed by atoms with E-state index in [0.29, 0.717) is 19.4 Å². The van der Waals surface area contributed by atoms with Crippen molar-refractivity contribution in [2.24, 2.45) is 5.92 Å². The number of methoxy groups -OCH3 is 1. The fraction of sp³-hybridized carbons (Fsp3) is 0.462. The van der Waals surface area contributed by atoms with E-state index in [9.17, 15) is 19.3 Å². The lowest BCUT2D eigenvalue weighted by atomic mass is 9.97. The van der Waals surface area contributed by atoms with E-state index in [-0.39, 0.29) is 34.8 Å². The van der Waals surface area contributed by atoms with Gasteiger partial charge in [0.05, 0.1) is 23.0 Å². The molecule has 114 valence electrons. The van der Waals surface area contributed by atoms with Crippen LogP contribution in [0.3, 0.4) is 0 Å². The van der Waals surface area contributed by atoms with E-state index in [4.69, 9.17) is 16.3 Å². The lowest BCUT2D eigenvalue weighted by molar-refractivity contribution is -0.384. The molecule has 0 spiro atoms. The van der Waals surface area contributed by atoms with E-state index in [1.165, 1.54) is 7.11 Å². The van der Waals surface area contributed by atoms with Crippen LogP contribution in [0.25, 0.3) is 0 Å². The smallest absolute Gasteiger partial charge is 0.310 e. The maximum atomic E-state index is 13.6. The summed E-state index contributed by atoms with van der Waals surface area (Å²) in [6.07, 6.45) is 1.31. The van der Waals surface area contributed by atoms with Crippen molar-refractivity contribution in [3.63, 3.8) is 0 Å². The molecule has 8 heteroatoms. The zero-order valence-corrected chi connectivity index (χ0v) is 12.1. The normalized spacial score (nSPS) is 18.4. The van der Waals surface area contributed by atoms with Crippen LogP contribution in [0.4, 0.5) is 15.8 Å². The largest absolute Gasteiger partial charge is 0.469 e. The number of benzene rings is 1. The van der Waals surface area contributed by atoms with Crippen LogP contribution in [0, 0.1) is 21.8 Å². The minimum atomic E-state index is -0.725. The van der Waals surface area contributed by atoms with E-state index < -0.39 is 10.7 Å². The number of carbonyl (C=O) groups is 1. The topological polar surface area (TPSA) is 72.7 Å². The second kappa shape index (κ2) is 6.26. The number of nitro groups is 1. The number of hydrogen-bond acceptors (Lipinski definition) is 5. The average molecular weight is 317 g/mol. The van der Waals surface area contributed by atoms with Crippen LogP contribution in [0.5, 0.6) is 0 Å². The fourth-order valence-electron chi connectivity index (χ4n) is 2.48. The third kappa shape index (κ3) is 3.24. The highest BCUT2D eigenvalue weighted by atomic mass is 35.5. The molecular weight excluding hydrogens is 303 g/mol. The van der Waals surface area contributed by atoms with E-state index in [2.05, 4.69) is 0 Å². The van der Waals surface area contributed by atoms with E-state index in [0.717, 1.165) is 12.1 Å². The van der Waals surface area contributed by atoms with Crippen molar-refractivity contribution in [1.82, 2.24) is 0 Å². The van der Waals surface area contributed by atoms with Crippen LogP contribution in [0.2, 0.25) is 5.02 Å². The zero-order valence-electron chi connectivity index (χ0n) is 11.3. The van der Waals surface area contributed by atoms with Gasteiger partial charge in [0.2, 0.25) is 0 Å². The molecule has 0 saturated carbocycles. The molecule has 1 unspecified atom stereocenters. The van der Waals surface area contributed by atoms with Crippen LogP contribution < -0.4 is 4.90 Å². The van der Waals surface area contributed by atoms with Crippen molar-refractivity contribution >= 4 is 28.9 Å². The highest BCUT2D eigenvalue weighted by Gasteiger charge is 2.30. The fourth-order valence-corrected chi connectivity index (χ4v) is 2.64. The van der Waals surface area contributed by atoms with Gasteiger partial charge in [-0.05, 0) is 12.8 Å². The maximum Gasteiger partial charge on any atom is 0.310 e. The summed E-state index contributed by atoms with van der Waals surface area (Å²) < 4.78 is 18.3. The molecule has 1 aromatic rings. The zero-order chi connectivity index (χ0) is 15.6. The molecule has 6 nitrogen and oxygen atoms in total. The van der Waals surface area contributed by atoms with Gasteiger partial charge in [0, 0.05) is 25.2 Å². The minimum Gasteiger partial charge on any atom is -0.469 e. The Labute approximate surface area is 125 Å². The Bertz CT molecular complexity index is 582. The van der Waals surface area contributed by atoms with Crippen molar-refractivity contribution in [2.45, 2.75) is 12.8 Å². The Morgan fingerprint density at radius 2 is 2.29 bits per heavy atom. The summed E-state index contributed by atoms with van der Waals surface area (Å²) in [5.74, 6) is -1.46. The minimum absolute atomic E-state index is 0.135. The monoisotopic (exact) mass is 316 g/mol. The molecule has 0 bridgehead atoms. The van der Waals surface area contributed by atoms with Gasteiger partial charge in [-0.1, -0.05) is 11.6 Å². The number of hydrogen-bond donors (Lipinski definition) is 0. The van der Waals surface area contributed by atoms with Gasteiger partial charge >= 0.3 is 5.97 Å². The number of anilines is 1. The summed E-state index contributed by atoms with van der Waals surface area (Å²) >= 11 is 5.60. The first-order valence-electron chi connectivity index (χ1n) is 6.40. The lowest BCUT2D eigenvalue weighted by Gasteiger charge is -2.32. The number of rotatable bonds is 3. The summed E-state index contributed by atoms with van der Waals surface area (Å²) in [5.41, 5.74) is -0.137. The molecule has 1 atom stereocenters. The number of nitrogens with zero attached hydrogens (tertiary/aromatic N) is 2. The predicted molar refractivity (Wildman–Crippen MR) is 75.0 cm³/mol. The van der Waals surface area contributed by atoms with Crippen molar-refractivity contribution in [1.29, 1.82) is 0 Å². The van der Waals surface area contributed by atoms with Gasteiger partial charge in [-0.25, -0.2) is 4.39 Å². The van der Waals surface area contributed by atoms with Gasteiger partial charge in [0.25, 0.3) is 5.69 Å². The standard InChI is InChI=1S/C13H14ClFN2O4/c1-21-13(18)8-3-2-4-16(7-8)11-6-10(15)9(14)5-12(11)17(19)20/h5-6,8H,2-4,7H2,1H3. The van der Waals surface area contributed by atoms with Crippen molar-refractivity contribution < 1.29 is 18.8 Å². The number of ether oxygens (including phenoxy) is 1. The van der Waals surface area contributed by atoms with Crippen LogP contribution in [-0.2, 0) is 9.53 Å². The Kier molecular flexibility index (Phi) is 4.62. The number of nitro benzene ring substituents is 1. The van der Waals surface area contributed by atoms with Crippen LogP contribution in [0.15, 0.2) is 12.1 Å².